The lowest BCUT2D eigenvalue weighted by atomic mass is 10.0. The number of esters is 4. The number of rotatable bonds is 7. The number of thiophene rings is 1. The van der Waals surface area contributed by atoms with Crippen molar-refractivity contribution in [2.24, 2.45) is 4.99 Å². The van der Waals surface area contributed by atoms with Crippen molar-refractivity contribution in [2.45, 2.75) is 64.7 Å². The highest BCUT2D eigenvalue weighted by molar-refractivity contribution is 8.14. The lowest BCUT2D eigenvalue weighted by molar-refractivity contribution is -0.280. The summed E-state index contributed by atoms with van der Waals surface area (Å²) in [5, 5.41) is 2.03. The number of amidine groups is 1. The van der Waals surface area contributed by atoms with Crippen LogP contribution >= 0.6 is 23.1 Å². The topological polar surface area (TPSA) is 147 Å². The first-order chi connectivity index (χ1) is 19.9. The van der Waals surface area contributed by atoms with Gasteiger partial charge in [0.15, 0.2) is 22.8 Å². The van der Waals surface area contributed by atoms with Crippen LogP contribution in [0.5, 0.6) is 0 Å². The van der Waals surface area contributed by atoms with Crippen LogP contribution in [-0.4, -0.2) is 65.0 Å². The minimum atomic E-state index is -1.55. The number of hydrogen-bond acceptors (Lipinski definition) is 13. The minimum Gasteiger partial charge on any atom is -0.455 e. The minimum absolute atomic E-state index is 0.146. The predicted octanol–water partition coefficient (Wildman–Crippen LogP) is 3.57. The Hall–Kier alpha value is -4.01. The van der Waals surface area contributed by atoms with E-state index in [4.69, 9.17) is 23.7 Å². The molecule has 0 N–H and O–H groups in total. The van der Waals surface area contributed by atoms with Crippen molar-refractivity contribution in [2.75, 3.05) is 4.90 Å². The van der Waals surface area contributed by atoms with E-state index < -0.39 is 59.8 Å². The third-order valence-electron chi connectivity index (χ3n) is 5.77. The molecule has 4 rings (SSSR count). The summed E-state index contributed by atoms with van der Waals surface area (Å²) in [6, 6.07) is 10.9. The largest absolute Gasteiger partial charge is 0.455 e. The van der Waals surface area contributed by atoms with Crippen LogP contribution in [0.25, 0.3) is 6.08 Å². The van der Waals surface area contributed by atoms with Gasteiger partial charge >= 0.3 is 23.9 Å². The van der Waals surface area contributed by atoms with Gasteiger partial charge in [-0.25, -0.2) is 4.99 Å². The molecule has 42 heavy (non-hydrogen) atoms. The number of benzene rings is 1. The quantitative estimate of drug-likeness (QED) is 0.255. The molecule has 14 heteroatoms. The van der Waals surface area contributed by atoms with Crippen LogP contribution in [0.2, 0.25) is 0 Å². The first-order valence-electron chi connectivity index (χ1n) is 12.7. The van der Waals surface area contributed by atoms with E-state index in [1.807, 2.05) is 30.5 Å². The fourth-order valence-electron chi connectivity index (χ4n) is 4.27. The number of hydrogen-bond donors (Lipinski definition) is 0. The molecule has 3 heterocycles. The van der Waals surface area contributed by atoms with Crippen LogP contribution in [0.1, 0.15) is 38.1 Å². The van der Waals surface area contributed by atoms with Gasteiger partial charge in [0, 0.05) is 32.6 Å². The van der Waals surface area contributed by atoms with Crippen molar-refractivity contribution in [3.8, 4) is 0 Å². The predicted molar refractivity (Wildman–Crippen MR) is 153 cm³/mol. The van der Waals surface area contributed by atoms with E-state index in [-0.39, 0.29) is 10.9 Å². The molecule has 2 aliphatic heterocycles. The van der Waals surface area contributed by atoms with Crippen molar-refractivity contribution in [3.63, 3.8) is 0 Å². The SMILES string of the molecule is CC(=O)O[C@H]1O[C@@H](SC2=N/C(=C\c3cccs3)C(=O)N2c2cccc(C)c2)[C@H](OC(C)=O)[C@@H](OC(C)=O)[C@@H]1OC(C)=O. The Labute approximate surface area is 249 Å². The number of ether oxygens (including phenoxy) is 5. The van der Waals surface area contributed by atoms with E-state index in [0.29, 0.717) is 5.69 Å². The fourth-order valence-corrected chi connectivity index (χ4v) is 6.09. The van der Waals surface area contributed by atoms with Crippen LogP contribution in [0.15, 0.2) is 52.5 Å². The first-order valence-corrected chi connectivity index (χ1v) is 14.4. The van der Waals surface area contributed by atoms with Crippen molar-refractivity contribution in [3.05, 3.63) is 57.9 Å². The van der Waals surface area contributed by atoms with E-state index in [1.165, 1.54) is 16.2 Å². The van der Waals surface area contributed by atoms with Crippen LogP contribution < -0.4 is 4.90 Å². The van der Waals surface area contributed by atoms with Gasteiger partial charge in [-0.15, -0.1) is 11.3 Å². The molecule has 222 valence electrons. The summed E-state index contributed by atoms with van der Waals surface area (Å²) < 4.78 is 27.6. The zero-order valence-corrected chi connectivity index (χ0v) is 24.9. The van der Waals surface area contributed by atoms with Gasteiger partial charge in [0.2, 0.25) is 12.4 Å². The van der Waals surface area contributed by atoms with Crippen LogP contribution in [0.4, 0.5) is 5.69 Å². The number of anilines is 1. The highest BCUT2D eigenvalue weighted by Gasteiger charge is 2.54. The Morgan fingerprint density at radius 1 is 0.905 bits per heavy atom. The fraction of sp³-hybridized carbons (Fsp3) is 0.357. The van der Waals surface area contributed by atoms with E-state index in [1.54, 1.807) is 24.3 Å². The molecule has 1 aromatic carbocycles. The average Bonchev–Trinajstić information content (AvgIpc) is 3.50. The number of carbonyl (C=O) groups is 5. The first kappa shape index (κ1) is 30.9. The Kier molecular flexibility index (Phi) is 9.81. The summed E-state index contributed by atoms with van der Waals surface area (Å²) in [7, 11) is 0. The maximum Gasteiger partial charge on any atom is 0.305 e. The van der Waals surface area contributed by atoms with Crippen molar-refractivity contribution >= 4 is 69.8 Å². The third-order valence-corrected chi connectivity index (χ3v) is 7.69. The standard InChI is InChI=1S/C28H28N2O10S2/c1-14-8-6-9-19(12-14)30-25(35)21(13-20-10-7-11-41-20)29-28(30)42-27-24(38-17(4)33)22(36-15(2)31)23(37-16(3)32)26(40-27)39-18(5)34/h6-13,22-24,26-27H,1-5H3/b21-13-/t22-,23-,24+,26-,27-/m0/s1. The molecule has 0 bridgehead atoms. The highest BCUT2D eigenvalue weighted by Crippen LogP contribution is 2.39. The zero-order chi connectivity index (χ0) is 30.6. The second kappa shape index (κ2) is 13.3. The number of amides is 1. The Morgan fingerprint density at radius 2 is 1.55 bits per heavy atom. The summed E-state index contributed by atoms with van der Waals surface area (Å²) in [6.45, 7) is 6.37. The Morgan fingerprint density at radius 3 is 2.14 bits per heavy atom. The molecule has 0 unspecified atom stereocenters. The zero-order valence-electron chi connectivity index (χ0n) is 23.3. The van der Waals surface area contributed by atoms with Gasteiger partial charge in [0.1, 0.15) is 5.70 Å². The molecular formula is C28H28N2O10S2. The summed E-state index contributed by atoms with van der Waals surface area (Å²) in [6.07, 6.45) is -4.17. The van der Waals surface area contributed by atoms with Crippen molar-refractivity contribution in [1.29, 1.82) is 0 Å². The van der Waals surface area contributed by atoms with Crippen LogP contribution in [-0.2, 0) is 47.7 Å². The molecule has 0 aliphatic carbocycles. The summed E-state index contributed by atoms with van der Waals surface area (Å²) in [4.78, 5) is 68.7. The molecular weight excluding hydrogens is 588 g/mol. The molecule has 2 aromatic rings. The molecule has 1 aromatic heterocycles. The Balaban J connectivity index is 1.79. The third kappa shape index (κ3) is 7.43. The molecule has 2 aliphatic rings. The van der Waals surface area contributed by atoms with Crippen LogP contribution in [0, 0.1) is 6.92 Å². The maximum atomic E-state index is 13.7. The lowest BCUT2D eigenvalue weighted by Gasteiger charge is -2.43. The van der Waals surface area contributed by atoms with Gasteiger partial charge in [-0.1, -0.05) is 30.0 Å². The van der Waals surface area contributed by atoms with E-state index in [0.717, 1.165) is 49.9 Å². The van der Waals surface area contributed by atoms with Gasteiger partial charge in [-0.05, 0) is 42.1 Å². The number of carbonyl (C=O) groups excluding carboxylic acids is 5. The van der Waals surface area contributed by atoms with Gasteiger partial charge in [0.05, 0.1) is 5.69 Å². The average molecular weight is 617 g/mol. The second-order valence-electron chi connectivity index (χ2n) is 9.24. The Bertz CT molecular complexity index is 1440. The summed E-state index contributed by atoms with van der Waals surface area (Å²) in [5.41, 5.74) is 0.314. The van der Waals surface area contributed by atoms with Gasteiger partial charge < -0.3 is 23.7 Å². The van der Waals surface area contributed by atoms with Gasteiger partial charge in [-0.3, -0.25) is 28.9 Å². The van der Waals surface area contributed by atoms with Crippen molar-refractivity contribution in [1.82, 2.24) is 0 Å². The molecule has 0 radical (unpaired) electrons. The number of nitrogens with zero attached hydrogens (tertiary/aromatic N) is 2. The molecule has 1 amide bonds. The van der Waals surface area contributed by atoms with Crippen LogP contribution in [0.3, 0.4) is 0 Å². The molecule has 0 saturated carbocycles. The van der Waals surface area contributed by atoms with E-state index >= 15 is 0 Å². The maximum absolute atomic E-state index is 13.7. The smallest absolute Gasteiger partial charge is 0.305 e. The number of thioether (sulfide) groups is 1. The monoisotopic (exact) mass is 616 g/mol. The molecule has 0 spiro atoms. The highest BCUT2D eigenvalue weighted by atomic mass is 32.2. The summed E-state index contributed by atoms with van der Waals surface area (Å²) in [5.74, 6) is -3.51. The summed E-state index contributed by atoms with van der Waals surface area (Å²) >= 11 is 2.31. The second-order valence-corrected chi connectivity index (χ2v) is 11.3. The molecule has 5 atom stereocenters. The molecule has 1 fully saturated rings. The molecule has 12 nitrogen and oxygen atoms in total. The van der Waals surface area contributed by atoms with Gasteiger partial charge in [0.25, 0.3) is 5.91 Å². The normalized spacial score (nSPS) is 24.6. The number of aryl methyl sites for hydroxylation is 1. The van der Waals surface area contributed by atoms with E-state index in [9.17, 15) is 24.0 Å². The number of aliphatic imine (C=N–C) groups is 1. The van der Waals surface area contributed by atoms with Gasteiger partial charge in [-0.2, -0.15) is 0 Å². The van der Waals surface area contributed by atoms with Crippen molar-refractivity contribution < 1.29 is 47.7 Å². The molecule has 1 saturated heterocycles. The van der Waals surface area contributed by atoms with E-state index in [2.05, 4.69) is 4.99 Å². The lowest BCUT2D eigenvalue weighted by Crippen LogP contribution is -2.61.